The van der Waals surface area contributed by atoms with Crippen molar-refractivity contribution in [1.29, 1.82) is 0 Å². The predicted octanol–water partition coefficient (Wildman–Crippen LogP) is 2.32. The summed E-state index contributed by atoms with van der Waals surface area (Å²) in [5.74, 6) is -1.81. The summed E-state index contributed by atoms with van der Waals surface area (Å²) >= 11 is 0. The lowest BCUT2D eigenvalue weighted by Gasteiger charge is -2.45. The second-order valence-corrected chi connectivity index (χ2v) is 8.08. The van der Waals surface area contributed by atoms with E-state index in [2.05, 4.69) is 4.98 Å². The van der Waals surface area contributed by atoms with Crippen molar-refractivity contribution in [2.45, 2.75) is 38.6 Å². The van der Waals surface area contributed by atoms with Crippen molar-refractivity contribution in [2.24, 2.45) is 5.92 Å². The van der Waals surface area contributed by atoms with Crippen molar-refractivity contribution in [3.63, 3.8) is 0 Å². The molecule has 148 valence electrons. The van der Waals surface area contributed by atoms with Crippen LogP contribution in [0.4, 0.5) is 0 Å². The molecular weight excluding hydrogens is 358 g/mol. The third-order valence-corrected chi connectivity index (χ3v) is 6.84. The van der Waals surface area contributed by atoms with E-state index in [1.807, 2.05) is 32.0 Å². The van der Waals surface area contributed by atoms with Crippen LogP contribution in [0.15, 0.2) is 18.2 Å². The van der Waals surface area contributed by atoms with Gasteiger partial charge >= 0.3 is 5.97 Å². The highest BCUT2D eigenvalue weighted by Crippen LogP contribution is 2.43. The molecule has 0 radical (unpaired) electrons. The van der Waals surface area contributed by atoms with Gasteiger partial charge in [-0.3, -0.25) is 14.4 Å². The number of nitrogens with zero attached hydrogens (tertiary/aromatic N) is 2. The van der Waals surface area contributed by atoms with Gasteiger partial charge in [-0.1, -0.05) is 0 Å². The molecule has 2 saturated heterocycles. The van der Waals surface area contributed by atoms with Crippen LogP contribution >= 0.6 is 0 Å². The number of hydrogen-bond acceptors (Lipinski definition) is 3. The first-order valence-electron chi connectivity index (χ1n) is 9.62. The third kappa shape index (κ3) is 2.60. The van der Waals surface area contributed by atoms with E-state index in [-0.39, 0.29) is 18.2 Å². The fourth-order valence-electron chi connectivity index (χ4n) is 4.86. The number of carboxylic acid groups (broad SMARTS) is 1. The van der Waals surface area contributed by atoms with Crippen LogP contribution < -0.4 is 0 Å². The number of benzene rings is 1. The zero-order valence-corrected chi connectivity index (χ0v) is 16.4. The number of piperidine rings is 1. The van der Waals surface area contributed by atoms with E-state index in [0.29, 0.717) is 31.5 Å². The molecule has 1 atom stereocenters. The number of nitrogens with one attached hydrogen (secondary N) is 1. The number of hydrogen-bond donors (Lipinski definition) is 2. The number of rotatable bonds is 2. The molecule has 28 heavy (non-hydrogen) atoms. The summed E-state index contributed by atoms with van der Waals surface area (Å²) < 4.78 is 0. The van der Waals surface area contributed by atoms with E-state index < -0.39 is 17.4 Å². The molecule has 2 N–H and O–H groups in total. The number of aryl methyl sites for hydroxylation is 2. The van der Waals surface area contributed by atoms with Gasteiger partial charge in [0.2, 0.25) is 5.91 Å². The standard InChI is InChI=1S/C21H25N3O4/c1-12-13(2)22-17-5-4-14(10-15(12)17)19(26)24-8-6-21(7-9-24)16(20(27)28)11-18(25)23(21)3/h4-5,10,16,22H,6-9,11H2,1-3H3,(H,27,28)/t16-/m0/s1. The maximum absolute atomic E-state index is 13.0. The first-order chi connectivity index (χ1) is 13.2. The Morgan fingerprint density at radius 1 is 1.21 bits per heavy atom. The number of aliphatic carboxylic acids is 1. The normalized spacial score (nSPS) is 21.7. The van der Waals surface area contributed by atoms with Crippen LogP contribution in [0.25, 0.3) is 10.9 Å². The molecule has 2 amide bonds. The highest BCUT2D eigenvalue weighted by Gasteiger charge is 2.55. The molecule has 0 saturated carbocycles. The maximum Gasteiger partial charge on any atom is 0.309 e. The number of H-pyrrole nitrogens is 1. The number of amides is 2. The Bertz CT molecular complexity index is 985. The Balaban J connectivity index is 1.55. The van der Waals surface area contributed by atoms with Crippen molar-refractivity contribution in [3.8, 4) is 0 Å². The highest BCUT2D eigenvalue weighted by molar-refractivity contribution is 5.99. The summed E-state index contributed by atoms with van der Waals surface area (Å²) in [6.07, 6.45) is 1.02. The van der Waals surface area contributed by atoms with Gasteiger partial charge < -0.3 is 19.9 Å². The first-order valence-corrected chi connectivity index (χ1v) is 9.62. The van der Waals surface area contributed by atoms with E-state index in [4.69, 9.17) is 0 Å². The molecule has 7 nitrogen and oxygen atoms in total. The average Bonchev–Trinajstić information content (AvgIpc) is 3.10. The predicted molar refractivity (Wildman–Crippen MR) is 104 cm³/mol. The summed E-state index contributed by atoms with van der Waals surface area (Å²) in [7, 11) is 1.69. The molecule has 1 spiro atoms. The number of likely N-dealkylation sites (tertiary alicyclic amines) is 2. The molecule has 1 aromatic heterocycles. The minimum absolute atomic E-state index is 0.0442. The highest BCUT2D eigenvalue weighted by atomic mass is 16.4. The molecule has 0 unspecified atom stereocenters. The zero-order chi connectivity index (χ0) is 20.2. The monoisotopic (exact) mass is 383 g/mol. The third-order valence-electron chi connectivity index (χ3n) is 6.84. The second-order valence-electron chi connectivity index (χ2n) is 8.08. The Morgan fingerprint density at radius 3 is 2.54 bits per heavy atom. The molecule has 2 aliphatic heterocycles. The SMILES string of the molecule is Cc1[nH]c2ccc(C(=O)N3CCC4(CC3)[C@H](C(=O)O)CC(=O)N4C)cc2c1C. The Hall–Kier alpha value is -2.83. The van der Waals surface area contributed by atoms with Crippen LogP contribution in [0.3, 0.4) is 0 Å². The molecule has 2 aromatic rings. The van der Waals surface area contributed by atoms with Gasteiger partial charge in [0.1, 0.15) is 0 Å². The largest absolute Gasteiger partial charge is 0.481 e. The average molecular weight is 383 g/mol. The van der Waals surface area contributed by atoms with Gasteiger partial charge in [-0.15, -0.1) is 0 Å². The molecule has 3 heterocycles. The Kier molecular flexibility index (Phi) is 4.21. The summed E-state index contributed by atoms with van der Waals surface area (Å²) in [4.78, 5) is 43.6. The van der Waals surface area contributed by atoms with Gasteiger partial charge in [-0.05, 0) is 50.5 Å². The van der Waals surface area contributed by atoms with Crippen molar-refractivity contribution in [2.75, 3.05) is 20.1 Å². The van der Waals surface area contributed by atoms with Gasteiger partial charge in [0.05, 0.1) is 11.5 Å². The topological polar surface area (TPSA) is 93.7 Å². The number of fused-ring (bicyclic) bond motifs is 1. The quantitative estimate of drug-likeness (QED) is 0.832. The fraction of sp³-hybridized carbons (Fsp3) is 0.476. The van der Waals surface area contributed by atoms with Crippen molar-refractivity contribution in [3.05, 3.63) is 35.0 Å². The van der Waals surface area contributed by atoms with Crippen LogP contribution in [0.1, 0.15) is 40.9 Å². The summed E-state index contributed by atoms with van der Waals surface area (Å²) in [6.45, 7) is 4.94. The summed E-state index contributed by atoms with van der Waals surface area (Å²) in [5.41, 5.74) is 3.19. The van der Waals surface area contributed by atoms with E-state index in [9.17, 15) is 19.5 Å². The molecule has 2 aliphatic rings. The molecule has 2 fully saturated rings. The summed E-state index contributed by atoms with van der Waals surface area (Å²) in [6, 6.07) is 5.68. The van der Waals surface area contributed by atoms with E-state index >= 15 is 0 Å². The van der Waals surface area contributed by atoms with Crippen LogP contribution in [-0.4, -0.2) is 63.4 Å². The zero-order valence-electron chi connectivity index (χ0n) is 16.4. The second kappa shape index (κ2) is 6.36. The van der Waals surface area contributed by atoms with Crippen LogP contribution in [-0.2, 0) is 9.59 Å². The van der Waals surface area contributed by atoms with E-state index in [0.717, 1.165) is 22.2 Å². The minimum Gasteiger partial charge on any atom is -0.481 e. The van der Waals surface area contributed by atoms with Crippen molar-refractivity contribution >= 4 is 28.7 Å². The van der Waals surface area contributed by atoms with Gasteiger partial charge in [0.15, 0.2) is 0 Å². The smallest absolute Gasteiger partial charge is 0.309 e. The first kappa shape index (κ1) is 18.5. The fourth-order valence-corrected chi connectivity index (χ4v) is 4.86. The van der Waals surface area contributed by atoms with Gasteiger partial charge in [-0.25, -0.2) is 0 Å². The van der Waals surface area contributed by atoms with Gasteiger partial charge in [0.25, 0.3) is 5.91 Å². The number of aromatic nitrogens is 1. The molecule has 0 bridgehead atoms. The van der Waals surface area contributed by atoms with Gasteiger partial charge in [-0.2, -0.15) is 0 Å². The minimum atomic E-state index is -0.929. The molecule has 4 rings (SSSR count). The molecule has 1 aromatic carbocycles. The lowest BCUT2D eigenvalue weighted by Crippen LogP contribution is -2.56. The number of aromatic amines is 1. The van der Waals surface area contributed by atoms with Crippen LogP contribution in [0.5, 0.6) is 0 Å². The molecular formula is C21H25N3O4. The molecule has 0 aliphatic carbocycles. The Morgan fingerprint density at radius 2 is 1.89 bits per heavy atom. The number of carboxylic acids is 1. The van der Waals surface area contributed by atoms with Gasteiger partial charge in [0, 0.05) is 48.7 Å². The number of carbonyl (C=O) groups excluding carboxylic acids is 2. The lowest BCUT2D eigenvalue weighted by molar-refractivity contribution is -0.145. The van der Waals surface area contributed by atoms with E-state index in [1.54, 1.807) is 16.8 Å². The maximum atomic E-state index is 13.0. The van der Waals surface area contributed by atoms with Crippen molar-refractivity contribution in [1.82, 2.24) is 14.8 Å². The van der Waals surface area contributed by atoms with E-state index in [1.165, 1.54) is 0 Å². The molecule has 7 heteroatoms. The number of carbonyl (C=O) groups is 3. The summed E-state index contributed by atoms with van der Waals surface area (Å²) in [5, 5.41) is 10.6. The Labute approximate surface area is 163 Å². The van der Waals surface area contributed by atoms with Crippen LogP contribution in [0.2, 0.25) is 0 Å². The lowest BCUT2D eigenvalue weighted by atomic mass is 9.77. The van der Waals surface area contributed by atoms with Crippen molar-refractivity contribution < 1.29 is 19.5 Å². The van der Waals surface area contributed by atoms with Crippen LogP contribution in [0, 0.1) is 19.8 Å².